The molecule has 1 amide bonds. The summed E-state index contributed by atoms with van der Waals surface area (Å²) in [4.78, 5) is 29.8. The standard InChI is InChI=1S/C22H27N3O3/c1-18-6-5-9-20(16-18)24-14-12-23(13-15-24)11-10-21(26)25(17-22(27)28)19-7-3-2-4-8-19/h2-9,16H,10-15,17H2,1H3,(H,27,28). The maximum Gasteiger partial charge on any atom is 0.323 e. The van der Waals surface area contributed by atoms with E-state index in [1.807, 2.05) is 18.2 Å². The average Bonchev–Trinajstić information content (AvgIpc) is 2.71. The van der Waals surface area contributed by atoms with Gasteiger partial charge in [-0.2, -0.15) is 0 Å². The average molecular weight is 381 g/mol. The van der Waals surface area contributed by atoms with E-state index in [4.69, 9.17) is 5.11 Å². The summed E-state index contributed by atoms with van der Waals surface area (Å²) in [5.41, 5.74) is 3.12. The number of para-hydroxylation sites is 1. The lowest BCUT2D eigenvalue weighted by Gasteiger charge is -2.36. The van der Waals surface area contributed by atoms with Crippen molar-refractivity contribution in [3.8, 4) is 0 Å². The maximum atomic E-state index is 12.7. The molecule has 2 aromatic carbocycles. The molecule has 28 heavy (non-hydrogen) atoms. The molecular formula is C22H27N3O3. The van der Waals surface area contributed by atoms with Gasteiger partial charge in [0.25, 0.3) is 0 Å². The number of amides is 1. The summed E-state index contributed by atoms with van der Waals surface area (Å²) < 4.78 is 0. The van der Waals surface area contributed by atoms with Gasteiger partial charge in [0.05, 0.1) is 0 Å². The quantitative estimate of drug-likeness (QED) is 0.799. The fourth-order valence-corrected chi connectivity index (χ4v) is 3.51. The van der Waals surface area contributed by atoms with Gasteiger partial charge < -0.3 is 14.9 Å². The molecule has 0 unspecified atom stereocenters. The van der Waals surface area contributed by atoms with Crippen molar-refractivity contribution in [2.24, 2.45) is 0 Å². The van der Waals surface area contributed by atoms with Crippen molar-refractivity contribution in [3.05, 3.63) is 60.2 Å². The summed E-state index contributed by atoms with van der Waals surface area (Å²) in [7, 11) is 0. The van der Waals surface area contributed by atoms with Gasteiger partial charge in [-0.3, -0.25) is 14.5 Å². The van der Waals surface area contributed by atoms with Crippen LogP contribution in [0.4, 0.5) is 11.4 Å². The van der Waals surface area contributed by atoms with Gasteiger partial charge in [-0.15, -0.1) is 0 Å². The molecule has 0 aromatic heterocycles. The Morgan fingerprint density at radius 1 is 1.00 bits per heavy atom. The number of carbonyl (C=O) groups excluding carboxylic acids is 1. The van der Waals surface area contributed by atoms with Crippen LogP contribution >= 0.6 is 0 Å². The SMILES string of the molecule is Cc1cccc(N2CCN(CCC(=O)N(CC(=O)O)c3ccccc3)CC2)c1. The van der Waals surface area contributed by atoms with E-state index in [1.165, 1.54) is 16.2 Å². The molecule has 0 radical (unpaired) electrons. The first-order valence-corrected chi connectivity index (χ1v) is 9.64. The van der Waals surface area contributed by atoms with Crippen LogP contribution in [0.3, 0.4) is 0 Å². The van der Waals surface area contributed by atoms with E-state index in [0.29, 0.717) is 18.7 Å². The molecule has 148 valence electrons. The van der Waals surface area contributed by atoms with E-state index < -0.39 is 5.97 Å². The monoisotopic (exact) mass is 381 g/mol. The second kappa shape index (κ2) is 9.37. The van der Waals surface area contributed by atoms with E-state index in [2.05, 4.69) is 41.0 Å². The highest BCUT2D eigenvalue weighted by Gasteiger charge is 2.22. The molecule has 1 N–H and O–H groups in total. The lowest BCUT2D eigenvalue weighted by Crippen LogP contribution is -2.47. The highest BCUT2D eigenvalue weighted by Crippen LogP contribution is 2.18. The van der Waals surface area contributed by atoms with Gasteiger partial charge >= 0.3 is 5.97 Å². The van der Waals surface area contributed by atoms with Crippen LogP contribution in [0.1, 0.15) is 12.0 Å². The normalized spacial score (nSPS) is 14.7. The van der Waals surface area contributed by atoms with Gasteiger partial charge in [0.2, 0.25) is 5.91 Å². The van der Waals surface area contributed by atoms with E-state index in [9.17, 15) is 9.59 Å². The van der Waals surface area contributed by atoms with Crippen molar-refractivity contribution in [1.82, 2.24) is 4.90 Å². The summed E-state index contributed by atoms with van der Waals surface area (Å²) in [5.74, 6) is -1.17. The summed E-state index contributed by atoms with van der Waals surface area (Å²) in [6.07, 6.45) is 0.312. The first-order chi connectivity index (χ1) is 13.5. The minimum atomic E-state index is -1.01. The number of hydrogen-bond acceptors (Lipinski definition) is 4. The van der Waals surface area contributed by atoms with E-state index in [1.54, 1.807) is 12.1 Å². The maximum absolute atomic E-state index is 12.7. The van der Waals surface area contributed by atoms with Crippen molar-refractivity contribution < 1.29 is 14.7 Å². The van der Waals surface area contributed by atoms with Gasteiger partial charge in [0.15, 0.2) is 0 Å². The Morgan fingerprint density at radius 3 is 2.36 bits per heavy atom. The van der Waals surface area contributed by atoms with Crippen molar-refractivity contribution >= 4 is 23.3 Å². The highest BCUT2D eigenvalue weighted by atomic mass is 16.4. The summed E-state index contributed by atoms with van der Waals surface area (Å²) in [6.45, 7) is 6.07. The molecule has 1 aliphatic heterocycles. The van der Waals surface area contributed by atoms with Crippen molar-refractivity contribution in [2.75, 3.05) is 49.1 Å². The molecule has 2 aromatic rings. The van der Waals surface area contributed by atoms with E-state index >= 15 is 0 Å². The Hall–Kier alpha value is -2.86. The molecule has 0 saturated carbocycles. The lowest BCUT2D eigenvalue weighted by atomic mass is 10.2. The third-order valence-electron chi connectivity index (χ3n) is 5.04. The number of rotatable bonds is 7. The van der Waals surface area contributed by atoms with Crippen LogP contribution in [0.25, 0.3) is 0 Å². The minimum absolute atomic E-state index is 0.158. The number of aryl methyl sites for hydroxylation is 1. The fourth-order valence-electron chi connectivity index (χ4n) is 3.51. The number of piperazine rings is 1. The summed E-state index contributed by atoms with van der Waals surface area (Å²) >= 11 is 0. The predicted octanol–water partition coefficient (Wildman–Crippen LogP) is 2.62. The molecule has 0 spiro atoms. The Bertz CT molecular complexity index is 802. The number of carbonyl (C=O) groups is 2. The van der Waals surface area contributed by atoms with Crippen molar-refractivity contribution in [1.29, 1.82) is 0 Å². The highest BCUT2D eigenvalue weighted by molar-refractivity contribution is 5.97. The Balaban J connectivity index is 1.52. The molecule has 0 atom stereocenters. The molecule has 0 aliphatic carbocycles. The molecular weight excluding hydrogens is 354 g/mol. The van der Waals surface area contributed by atoms with Gasteiger partial charge in [0.1, 0.15) is 6.54 Å². The molecule has 0 bridgehead atoms. The number of carboxylic acids is 1. The third-order valence-corrected chi connectivity index (χ3v) is 5.04. The van der Waals surface area contributed by atoms with Gasteiger partial charge in [0, 0.05) is 50.5 Å². The Kier molecular flexibility index (Phi) is 6.66. The van der Waals surface area contributed by atoms with Crippen LogP contribution in [-0.4, -0.2) is 61.2 Å². The second-order valence-electron chi connectivity index (χ2n) is 7.13. The number of hydrogen-bond donors (Lipinski definition) is 1. The van der Waals surface area contributed by atoms with Gasteiger partial charge in [-0.1, -0.05) is 30.3 Å². The zero-order valence-corrected chi connectivity index (χ0v) is 16.3. The molecule has 1 fully saturated rings. The number of anilines is 2. The summed E-state index contributed by atoms with van der Waals surface area (Å²) in [5, 5.41) is 9.16. The number of nitrogens with zero attached hydrogens (tertiary/aromatic N) is 3. The van der Waals surface area contributed by atoms with Gasteiger partial charge in [-0.05, 0) is 36.8 Å². The van der Waals surface area contributed by atoms with Crippen molar-refractivity contribution in [2.45, 2.75) is 13.3 Å². The largest absolute Gasteiger partial charge is 0.480 e. The third kappa shape index (κ3) is 5.33. The van der Waals surface area contributed by atoms with Crippen LogP contribution in [0, 0.1) is 6.92 Å². The Labute approximate surface area is 166 Å². The molecule has 6 nitrogen and oxygen atoms in total. The van der Waals surface area contributed by atoms with Crippen LogP contribution in [0.15, 0.2) is 54.6 Å². The topological polar surface area (TPSA) is 64.1 Å². The smallest absolute Gasteiger partial charge is 0.323 e. The van der Waals surface area contributed by atoms with E-state index in [0.717, 1.165) is 26.2 Å². The van der Waals surface area contributed by atoms with Crippen LogP contribution in [0.2, 0.25) is 0 Å². The second-order valence-corrected chi connectivity index (χ2v) is 7.13. The van der Waals surface area contributed by atoms with Crippen LogP contribution in [0.5, 0.6) is 0 Å². The first-order valence-electron chi connectivity index (χ1n) is 9.64. The van der Waals surface area contributed by atoms with Crippen LogP contribution in [-0.2, 0) is 9.59 Å². The predicted molar refractivity (Wildman–Crippen MR) is 111 cm³/mol. The minimum Gasteiger partial charge on any atom is -0.480 e. The van der Waals surface area contributed by atoms with E-state index in [-0.39, 0.29) is 12.5 Å². The molecule has 6 heteroatoms. The van der Waals surface area contributed by atoms with Crippen LogP contribution < -0.4 is 9.80 Å². The Morgan fingerprint density at radius 2 is 1.71 bits per heavy atom. The summed E-state index contributed by atoms with van der Waals surface area (Å²) in [6, 6.07) is 17.5. The molecule has 3 rings (SSSR count). The number of benzene rings is 2. The molecule has 1 saturated heterocycles. The lowest BCUT2D eigenvalue weighted by molar-refractivity contribution is -0.136. The molecule has 1 aliphatic rings. The van der Waals surface area contributed by atoms with Crippen molar-refractivity contribution in [3.63, 3.8) is 0 Å². The number of carboxylic acid groups (broad SMARTS) is 1. The zero-order valence-electron chi connectivity index (χ0n) is 16.3. The van der Waals surface area contributed by atoms with Gasteiger partial charge in [-0.25, -0.2) is 0 Å². The molecule has 1 heterocycles. The first kappa shape index (κ1) is 19.9. The fraction of sp³-hybridized carbons (Fsp3) is 0.364. The zero-order chi connectivity index (χ0) is 19.9. The number of aliphatic carboxylic acids is 1.